The van der Waals surface area contributed by atoms with Crippen molar-refractivity contribution in [3.05, 3.63) is 78.4 Å². The molecule has 3 rings (SSSR count). The molecular formula is C24H26O2. The van der Waals surface area contributed by atoms with Gasteiger partial charge in [0.2, 0.25) is 0 Å². The minimum atomic E-state index is 0.291. The molecule has 3 aromatic rings. The zero-order valence-electron chi connectivity index (χ0n) is 15.3. The smallest absolute Gasteiger partial charge is 0.115 e. The molecule has 0 unspecified atom stereocenters. The lowest BCUT2D eigenvalue weighted by atomic mass is 9.99. The first-order valence-corrected chi connectivity index (χ1v) is 9.33. The standard InChI is InChI=1S/C24H26O2/c1-2-3-4-17-26-18-19-5-7-20(8-6-19)21-9-11-22(12-10-21)23-13-15-24(25)16-14-23/h5-16,25H,2-4,17-18H2,1H3. The van der Waals surface area contributed by atoms with E-state index >= 15 is 0 Å². The van der Waals surface area contributed by atoms with Gasteiger partial charge in [-0.2, -0.15) is 0 Å². The average molecular weight is 346 g/mol. The van der Waals surface area contributed by atoms with Crippen molar-refractivity contribution in [3.63, 3.8) is 0 Å². The lowest BCUT2D eigenvalue weighted by Crippen LogP contribution is -1.95. The van der Waals surface area contributed by atoms with Crippen molar-refractivity contribution >= 4 is 0 Å². The third-order valence-corrected chi connectivity index (χ3v) is 4.53. The van der Waals surface area contributed by atoms with Crippen molar-refractivity contribution < 1.29 is 9.84 Å². The topological polar surface area (TPSA) is 29.5 Å². The van der Waals surface area contributed by atoms with Gasteiger partial charge in [-0.25, -0.2) is 0 Å². The average Bonchev–Trinajstić information content (AvgIpc) is 2.69. The predicted octanol–water partition coefficient (Wildman–Crippen LogP) is 6.43. The fraction of sp³-hybridized carbons (Fsp3) is 0.250. The van der Waals surface area contributed by atoms with E-state index in [9.17, 15) is 5.11 Å². The van der Waals surface area contributed by atoms with Crippen molar-refractivity contribution in [3.8, 4) is 28.0 Å². The Morgan fingerprint density at radius 2 is 1.12 bits per heavy atom. The second kappa shape index (κ2) is 9.21. The van der Waals surface area contributed by atoms with Crippen LogP contribution in [0.5, 0.6) is 5.75 Å². The molecule has 0 heterocycles. The Kier molecular flexibility index (Phi) is 6.45. The first-order chi connectivity index (χ1) is 12.8. The molecule has 2 heteroatoms. The Morgan fingerprint density at radius 1 is 0.654 bits per heavy atom. The third-order valence-electron chi connectivity index (χ3n) is 4.53. The Hall–Kier alpha value is -2.58. The van der Waals surface area contributed by atoms with E-state index in [-0.39, 0.29) is 0 Å². The van der Waals surface area contributed by atoms with E-state index in [2.05, 4.69) is 55.5 Å². The van der Waals surface area contributed by atoms with Gasteiger partial charge in [0, 0.05) is 6.61 Å². The second-order valence-corrected chi connectivity index (χ2v) is 6.58. The maximum absolute atomic E-state index is 9.40. The summed E-state index contributed by atoms with van der Waals surface area (Å²) in [6.07, 6.45) is 3.60. The second-order valence-electron chi connectivity index (χ2n) is 6.58. The first-order valence-electron chi connectivity index (χ1n) is 9.33. The molecule has 3 aromatic carbocycles. The molecule has 0 saturated heterocycles. The highest BCUT2D eigenvalue weighted by atomic mass is 16.5. The van der Waals surface area contributed by atoms with E-state index in [4.69, 9.17) is 4.74 Å². The molecule has 0 bridgehead atoms. The zero-order valence-corrected chi connectivity index (χ0v) is 15.3. The Bertz CT molecular complexity index is 787. The van der Waals surface area contributed by atoms with Gasteiger partial charge in [0.15, 0.2) is 0 Å². The van der Waals surface area contributed by atoms with Crippen LogP contribution in [0.4, 0.5) is 0 Å². The SMILES string of the molecule is CCCCCOCc1ccc(-c2ccc(-c3ccc(O)cc3)cc2)cc1. The van der Waals surface area contributed by atoms with Crippen LogP contribution >= 0.6 is 0 Å². The van der Waals surface area contributed by atoms with Crippen molar-refractivity contribution in [1.29, 1.82) is 0 Å². The number of unbranched alkanes of at least 4 members (excludes halogenated alkanes) is 2. The van der Waals surface area contributed by atoms with Crippen LogP contribution in [0.15, 0.2) is 72.8 Å². The number of phenols is 1. The molecule has 26 heavy (non-hydrogen) atoms. The summed E-state index contributed by atoms with van der Waals surface area (Å²) in [6, 6.07) is 24.4. The fourth-order valence-electron chi connectivity index (χ4n) is 2.95. The van der Waals surface area contributed by atoms with E-state index in [1.54, 1.807) is 12.1 Å². The van der Waals surface area contributed by atoms with Gasteiger partial charge in [0.25, 0.3) is 0 Å². The van der Waals surface area contributed by atoms with E-state index in [1.807, 2.05) is 12.1 Å². The molecule has 0 atom stereocenters. The van der Waals surface area contributed by atoms with Crippen LogP contribution in [-0.2, 0) is 11.3 Å². The highest BCUT2D eigenvalue weighted by molar-refractivity contribution is 5.70. The summed E-state index contributed by atoms with van der Waals surface area (Å²) in [5.41, 5.74) is 5.86. The monoisotopic (exact) mass is 346 g/mol. The van der Waals surface area contributed by atoms with Gasteiger partial charge in [-0.05, 0) is 46.4 Å². The van der Waals surface area contributed by atoms with E-state index in [1.165, 1.54) is 29.5 Å². The van der Waals surface area contributed by atoms with E-state index < -0.39 is 0 Å². The van der Waals surface area contributed by atoms with Crippen LogP contribution in [-0.4, -0.2) is 11.7 Å². The zero-order chi connectivity index (χ0) is 18.2. The number of phenolic OH excluding ortho intramolecular Hbond substituents is 1. The van der Waals surface area contributed by atoms with Crippen LogP contribution in [0.25, 0.3) is 22.3 Å². The Balaban J connectivity index is 1.61. The summed E-state index contributed by atoms with van der Waals surface area (Å²) >= 11 is 0. The molecule has 0 aliphatic carbocycles. The molecule has 2 nitrogen and oxygen atoms in total. The van der Waals surface area contributed by atoms with Gasteiger partial charge in [0.1, 0.15) is 5.75 Å². The van der Waals surface area contributed by atoms with Crippen molar-refractivity contribution in [2.24, 2.45) is 0 Å². The number of hydrogen-bond acceptors (Lipinski definition) is 2. The highest BCUT2D eigenvalue weighted by Crippen LogP contribution is 2.26. The number of rotatable bonds is 8. The van der Waals surface area contributed by atoms with Gasteiger partial charge in [0.05, 0.1) is 6.61 Å². The Morgan fingerprint density at radius 3 is 1.62 bits per heavy atom. The summed E-state index contributed by atoms with van der Waals surface area (Å²) in [5, 5.41) is 9.40. The fourth-order valence-corrected chi connectivity index (χ4v) is 2.95. The normalized spacial score (nSPS) is 10.8. The predicted molar refractivity (Wildman–Crippen MR) is 108 cm³/mol. The van der Waals surface area contributed by atoms with Crippen LogP contribution < -0.4 is 0 Å². The van der Waals surface area contributed by atoms with Crippen LogP contribution in [0.3, 0.4) is 0 Å². The molecule has 0 aliphatic rings. The van der Waals surface area contributed by atoms with Gasteiger partial charge < -0.3 is 9.84 Å². The number of benzene rings is 3. The molecule has 0 amide bonds. The molecule has 0 radical (unpaired) electrons. The van der Waals surface area contributed by atoms with E-state index in [0.717, 1.165) is 24.2 Å². The molecule has 0 aromatic heterocycles. The molecule has 0 spiro atoms. The summed E-state index contributed by atoms with van der Waals surface area (Å²) in [6.45, 7) is 3.73. The minimum Gasteiger partial charge on any atom is -0.508 e. The van der Waals surface area contributed by atoms with Crippen LogP contribution in [0.1, 0.15) is 31.7 Å². The molecular weight excluding hydrogens is 320 g/mol. The van der Waals surface area contributed by atoms with Crippen molar-refractivity contribution in [1.82, 2.24) is 0 Å². The molecule has 134 valence electrons. The maximum atomic E-state index is 9.40. The largest absolute Gasteiger partial charge is 0.508 e. The van der Waals surface area contributed by atoms with Crippen LogP contribution in [0.2, 0.25) is 0 Å². The lowest BCUT2D eigenvalue weighted by Gasteiger charge is -2.07. The van der Waals surface area contributed by atoms with E-state index in [0.29, 0.717) is 12.4 Å². The molecule has 0 saturated carbocycles. The lowest BCUT2D eigenvalue weighted by molar-refractivity contribution is 0.117. The number of ether oxygens (including phenoxy) is 1. The summed E-state index contributed by atoms with van der Waals surface area (Å²) in [4.78, 5) is 0. The first kappa shape index (κ1) is 18.2. The van der Waals surface area contributed by atoms with Gasteiger partial charge in [-0.1, -0.05) is 80.4 Å². The summed E-state index contributed by atoms with van der Waals surface area (Å²) in [5.74, 6) is 0.291. The van der Waals surface area contributed by atoms with Gasteiger partial charge >= 0.3 is 0 Å². The number of hydrogen-bond donors (Lipinski definition) is 1. The van der Waals surface area contributed by atoms with Crippen molar-refractivity contribution in [2.45, 2.75) is 32.8 Å². The highest BCUT2D eigenvalue weighted by Gasteiger charge is 2.02. The van der Waals surface area contributed by atoms with Gasteiger partial charge in [-0.3, -0.25) is 0 Å². The Labute approximate surface area is 156 Å². The maximum Gasteiger partial charge on any atom is 0.115 e. The molecule has 0 fully saturated rings. The quantitative estimate of drug-likeness (QED) is 0.476. The minimum absolute atomic E-state index is 0.291. The van der Waals surface area contributed by atoms with Crippen molar-refractivity contribution in [2.75, 3.05) is 6.61 Å². The number of aromatic hydroxyl groups is 1. The van der Waals surface area contributed by atoms with Gasteiger partial charge in [-0.15, -0.1) is 0 Å². The summed E-state index contributed by atoms with van der Waals surface area (Å²) < 4.78 is 5.72. The summed E-state index contributed by atoms with van der Waals surface area (Å²) in [7, 11) is 0. The van der Waals surface area contributed by atoms with Crippen LogP contribution in [0, 0.1) is 0 Å². The molecule has 1 N–H and O–H groups in total. The molecule has 0 aliphatic heterocycles. The third kappa shape index (κ3) is 4.96.